The first-order chi connectivity index (χ1) is 13.1. The summed E-state index contributed by atoms with van der Waals surface area (Å²) < 4.78 is 0. The predicted molar refractivity (Wildman–Crippen MR) is 114 cm³/mol. The van der Waals surface area contributed by atoms with E-state index in [0.29, 0.717) is 23.8 Å². The van der Waals surface area contributed by atoms with Crippen LogP contribution in [0.15, 0.2) is 53.6 Å². The van der Waals surface area contributed by atoms with Gasteiger partial charge in [-0.15, -0.1) is 0 Å². The molecule has 140 valence electrons. The zero-order valence-electron chi connectivity index (χ0n) is 15.7. The van der Waals surface area contributed by atoms with Crippen molar-refractivity contribution in [2.75, 3.05) is 6.54 Å². The van der Waals surface area contributed by atoms with Crippen LogP contribution in [-0.4, -0.2) is 26.5 Å². The highest BCUT2D eigenvalue weighted by atomic mass is 32.1. The lowest BCUT2D eigenvalue weighted by Crippen LogP contribution is -2.39. The molecule has 0 unspecified atom stereocenters. The Morgan fingerprint density at radius 1 is 1.19 bits per heavy atom. The summed E-state index contributed by atoms with van der Waals surface area (Å²) in [6, 6.07) is 12.0. The highest BCUT2D eigenvalue weighted by molar-refractivity contribution is 7.80. The van der Waals surface area contributed by atoms with Gasteiger partial charge in [0.15, 0.2) is 5.11 Å². The van der Waals surface area contributed by atoms with Crippen LogP contribution in [0.1, 0.15) is 30.5 Å². The maximum Gasteiger partial charge on any atom is 0.253 e. The van der Waals surface area contributed by atoms with Gasteiger partial charge in [0.1, 0.15) is 0 Å². The fraction of sp³-hybridized carbons (Fsp3) is 0.286. The summed E-state index contributed by atoms with van der Waals surface area (Å²) in [4.78, 5) is 21.8. The summed E-state index contributed by atoms with van der Waals surface area (Å²) in [5, 5.41) is 4.85. The van der Waals surface area contributed by atoms with Crippen molar-refractivity contribution in [2.24, 2.45) is 0 Å². The Morgan fingerprint density at radius 2 is 2.04 bits per heavy atom. The number of pyridine rings is 2. The van der Waals surface area contributed by atoms with E-state index in [-0.39, 0.29) is 5.56 Å². The van der Waals surface area contributed by atoms with E-state index in [1.54, 1.807) is 6.20 Å². The lowest BCUT2D eigenvalue weighted by Gasteiger charge is -2.25. The van der Waals surface area contributed by atoms with Crippen LogP contribution in [0.5, 0.6) is 0 Å². The van der Waals surface area contributed by atoms with Crippen molar-refractivity contribution in [1.82, 2.24) is 20.2 Å². The Kier molecular flexibility index (Phi) is 6.19. The monoisotopic (exact) mass is 380 g/mol. The molecule has 0 fully saturated rings. The van der Waals surface area contributed by atoms with Crippen LogP contribution in [0.4, 0.5) is 0 Å². The van der Waals surface area contributed by atoms with Crippen LogP contribution < -0.4 is 10.9 Å². The molecule has 0 saturated carbocycles. The minimum atomic E-state index is -0.0813. The molecule has 3 rings (SSSR count). The molecule has 0 amide bonds. The topological polar surface area (TPSA) is 61.0 Å². The first-order valence-corrected chi connectivity index (χ1v) is 9.58. The van der Waals surface area contributed by atoms with Crippen molar-refractivity contribution < 1.29 is 0 Å². The molecule has 3 aromatic rings. The Morgan fingerprint density at radius 3 is 2.74 bits per heavy atom. The van der Waals surface area contributed by atoms with Crippen molar-refractivity contribution in [3.63, 3.8) is 0 Å². The van der Waals surface area contributed by atoms with Gasteiger partial charge in [-0.25, -0.2) is 0 Å². The van der Waals surface area contributed by atoms with Crippen LogP contribution in [0, 0.1) is 0 Å². The summed E-state index contributed by atoms with van der Waals surface area (Å²) in [5.41, 5.74) is 3.76. The first-order valence-electron chi connectivity index (χ1n) is 9.17. The molecule has 0 radical (unpaired) electrons. The maximum absolute atomic E-state index is 12.6. The number of rotatable bonds is 6. The Bertz CT molecular complexity index is 984. The van der Waals surface area contributed by atoms with E-state index in [4.69, 9.17) is 12.2 Å². The number of nitrogens with one attached hydrogen (secondary N) is 2. The number of aromatic amines is 1. The maximum atomic E-state index is 12.6. The van der Waals surface area contributed by atoms with E-state index in [9.17, 15) is 4.79 Å². The second kappa shape index (κ2) is 8.77. The van der Waals surface area contributed by atoms with Gasteiger partial charge in [0, 0.05) is 36.6 Å². The quantitative estimate of drug-likeness (QED) is 0.642. The number of hydrogen-bond donors (Lipinski definition) is 2. The van der Waals surface area contributed by atoms with Crippen molar-refractivity contribution in [1.29, 1.82) is 0 Å². The molecule has 0 atom stereocenters. The fourth-order valence-corrected chi connectivity index (χ4v) is 3.29. The third-order valence-electron chi connectivity index (χ3n) is 4.47. The largest absolute Gasteiger partial charge is 0.363 e. The Hall–Kier alpha value is -2.73. The van der Waals surface area contributed by atoms with Gasteiger partial charge in [0.05, 0.1) is 6.54 Å². The number of aromatic nitrogens is 2. The fourth-order valence-electron chi connectivity index (χ4n) is 3.02. The highest BCUT2D eigenvalue weighted by Gasteiger charge is 2.14. The number of hydrogen-bond acceptors (Lipinski definition) is 3. The lowest BCUT2D eigenvalue weighted by molar-refractivity contribution is 0.398. The van der Waals surface area contributed by atoms with Gasteiger partial charge in [-0.1, -0.05) is 19.1 Å². The summed E-state index contributed by atoms with van der Waals surface area (Å²) >= 11 is 5.53. The van der Waals surface area contributed by atoms with Gasteiger partial charge in [0.25, 0.3) is 5.56 Å². The number of fused-ring (bicyclic) bond motifs is 1. The van der Waals surface area contributed by atoms with Crippen molar-refractivity contribution in [3.05, 3.63) is 75.8 Å². The average molecular weight is 381 g/mol. The minimum Gasteiger partial charge on any atom is -0.363 e. The molecule has 2 N–H and O–H groups in total. The number of benzene rings is 1. The molecule has 1 aromatic carbocycles. The van der Waals surface area contributed by atoms with E-state index >= 15 is 0 Å². The van der Waals surface area contributed by atoms with Crippen molar-refractivity contribution >= 4 is 28.2 Å². The third-order valence-corrected chi connectivity index (χ3v) is 4.87. The second-order valence-electron chi connectivity index (χ2n) is 6.45. The van der Waals surface area contributed by atoms with E-state index < -0.39 is 0 Å². The number of aryl methyl sites for hydroxylation is 1. The number of H-pyrrole nitrogens is 1. The zero-order chi connectivity index (χ0) is 19.2. The van der Waals surface area contributed by atoms with Gasteiger partial charge >= 0.3 is 0 Å². The normalized spacial score (nSPS) is 10.7. The molecule has 0 saturated heterocycles. The minimum absolute atomic E-state index is 0.0813. The molecule has 0 spiro atoms. The highest BCUT2D eigenvalue weighted by Crippen LogP contribution is 2.16. The Labute approximate surface area is 164 Å². The zero-order valence-corrected chi connectivity index (χ0v) is 16.5. The molecule has 2 aromatic heterocycles. The number of nitrogens with zero attached hydrogens (tertiary/aromatic N) is 2. The molecule has 6 heteroatoms. The van der Waals surface area contributed by atoms with E-state index in [1.807, 2.05) is 48.4 Å². The SMILES string of the molecule is CCNC(=S)N(Cc1cccnc1)Cc1cc2cc(CC)ccc2[nH]c1=O. The van der Waals surface area contributed by atoms with E-state index in [0.717, 1.165) is 29.4 Å². The molecule has 27 heavy (non-hydrogen) atoms. The summed E-state index contributed by atoms with van der Waals surface area (Å²) in [6.07, 6.45) is 4.53. The smallest absolute Gasteiger partial charge is 0.253 e. The van der Waals surface area contributed by atoms with Crippen molar-refractivity contribution in [3.8, 4) is 0 Å². The number of thiocarbonyl (C=S) groups is 1. The summed E-state index contributed by atoms with van der Waals surface area (Å²) in [7, 11) is 0. The van der Waals surface area contributed by atoms with Gasteiger partial charge in [-0.05, 0) is 66.3 Å². The van der Waals surface area contributed by atoms with Crippen LogP contribution in [0.3, 0.4) is 0 Å². The van der Waals surface area contributed by atoms with E-state index in [2.05, 4.69) is 28.3 Å². The second-order valence-corrected chi connectivity index (χ2v) is 6.84. The van der Waals surface area contributed by atoms with Crippen LogP contribution in [0.25, 0.3) is 10.9 Å². The first kappa shape index (κ1) is 19.0. The molecular formula is C21H24N4OS. The molecule has 5 nitrogen and oxygen atoms in total. The molecule has 0 aliphatic heterocycles. The summed E-state index contributed by atoms with van der Waals surface area (Å²) in [5.74, 6) is 0. The standard InChI is InChI=1S/C21H24N4OS/c1-3-15-7-8-19-17(10-15)11-18(20(26)24-19)14-25(21(27)23-4-2)13-16-6-5-9-22-12-16/h5-12H,3-4,13-14H2,1-2H3,(H,23,27)(H,24,26). The van der Waals surface area contributed by atoms with Gasteiger partial charge in [0.2, 0.25) is 0 Å². The van der Waals surface area contributed by atoms with Gasteiger partial charge < -0.3 is 15.2 Å². The van der Waals surface area contributed by atoms with Crippen molar-refractivity contribution in [2.45, 2.75) is 33.4 Å². The lowest BCUT2D eigenvalue weighted by atomic mass is 10.1. The molecule has 0 bridgehead atoms. The van der Waals surface area contributed by atoms with Crippen LogP contribution >= 0.6 is 12.2 Å². The van der Waals surface area contributed by atoms with Gasteiger partial charge in [-0.3, -0.25) is 9.78 Å². The molecule has 0 aliphatic carbocycles. The van der Waals surface area contributed by atoms with E-state index in [1.165, 1.54) is 5.56 Å². The molecular weight excluding hydrogens is 356 g/mol. The third kappa shape index (κ3) is 4.71. The summed E-state index contributed by atoms with van der Waals surface area (Å²) in [6.45, 7) is 5.88. The van der Waals surface area contributed by atoms with Gasteiger partial charge in [-0.2, -0.15) is 0 Å². The average Bonchev–Trinajstić information content (AvgIpc) is 2.68. The predicted octanol–water partition coefficient (Wildman–Crippen LogP) is 3.38. The molecule has 2 heterocycles. The van der Waals surface area contributed by atoms with Crippen LogP contribution in [0.2, 0.25) is 0 Å². The Balaban J connectivity index is 1.93. The van der Waals surface area contributed by atoms with Crippen LogP contribution in [-0.2, 0) is 19.5 Å². The molecule has 0 aliphatic rings.